The second kappa shape index (κ2) is 8.40. The zero-order valence-electron chi connectivity index (χ0n) is 8.10. The molecule has 0 aromatic carbocycles. The smallest absolute Gasteiger partial charge is 0.182 e. The third kappa shape index (κ3) is 6.92. The van der Waals surface area contributed by atoms with Crippen LogP contribution in [0.15, 0.2) is 0 Å². The molecule has 2 unspecified atom stereocenters. The Morgan fingerprint density at radius 3 is 2.38 bits per heavy atom. The summed E-state index contributed by atoms with van der Waals surface area (Å²) >= 11 is 0. The number of hydrogen-bond acceptors (Lipinski definition) is 5. The molecule has 0 fully saturated rings. The fourth-order valence-electron chi connectivity index (χ4n) is 0.794. The van der Waals surface area contributed by atoms with Crippen LogP contribution in [0.2, 0.25) is 0 Å². The molecule has 5 heteroatoms. The lowest BCUT2D eigenvalue weighted by molar-refractivity contribution is -0.181. The van der Waals surface area contributed by atoms with Crippen LogP contribution in [0.25, 0.3) is 0 Å². The van der Waals surface area contributed by atoms with E-state index >= 15 is 0 Å². The standard InChI is InChI=1S/C8H18O5/c1-7(10)8(11-2)13-6-5-12-4-3-9/h7-10H,3-6H2,1-2H3. The van der Waals surface area contributed by atoms with Crippen LogP contribution in [-0.4, -0.2) is 56.1 Å². The van der Waals surface area contributed by atoms with E-state index < -0.39 is 12.4 Å². The summed E-state index contributed by atoms with van der Waals surface area (Å²) in [6.07, 6.45) is -1.28. The zero-order valence-corrected chi connectivity index (χ0v) is 8.10. The van der Waals surface area contributed by atoms with Crippen molar-refractivity contribution in [3.05, 3.63) is 0 Å². The average Bonchev–Trinajstić information content (AvgIpc) is 2.10. The van der Waals surface area contributed by atoms with Crippen LogP contribution in [0, 0.1) is 0 Å². The van der Waals surface area contributed by atoms with E-state index in [0.717, 1.165) is 0 Å². The van der Waals surface area contributed by atoms with E-state index in [1.807, 2.05) is 0 Å². The Morgan fingerprint density at radius 1 is 1.23 bits per heavy atom. The van der Waals surface area contributed by atoms with Gasteiger partial charge in [-0.3, -0.25) is 0 Å². The second-order valence-electron chi connectivity index (χ2n) is 2.55. The number of hydrogen-bond donors (Lipinski definition) is 2. The van der Waals surface area contributed by atoms with E-state index in [-0.39, 0.29) is 6.61 Å². The van der Waals surface area contributed by atoms with E-state index in [2.05, 4.69) is 0 Å². The van der Waals surface area contributed by atoms with Crippen molar-refractivity contribution in [1.82, 2.24) is 0 Å². The van der Waals surface area contributed by atoms with Crippen molar-refractivity contribution >= 4 is 0 Å². The Hall–Kier alpha value is -0.200. The van der Waals surface area contributed by atoms with Crippen LogP contribution in [0.1, 0.15) is 6.92 Å². The Bertz CT molecular complexity index is 107. The lowest BCUT2D eigenvalue weighted by atomic mass is 10.4. The molecule has 0 bridgehead atoms. The van der Waals surface area contributed by atoms with Crippen LogP contribution >= 0.6 is 0 Å². The van der Waals surface area contributed by atoms with Crippen molar-refractivity contribution < 1.29 is 24.4 Å². The fraction of sp³-hybridized carbons (Fsp3) is 1.00. The molecule has 2 N–H and O–H groups in total. The van der Waals surface area contributed by atoms with Gasteiger partial charge in [0.15, 0.2) is 6.29 Å². The van der Waals surface area contributed by atoms with Crippen molar-refractivity contribution in [2.75, 3.05) is 33.5 Å². The number of aliphatic hydroxyl groups is 2. The normalized spacial score (nSPS) is 15.7. The highest BCUT2D eigenvalue weighted by atomic mass is 16.7. The first-order chi connectivity index (χ1) is 6.22. The lowest BCUT2D eigenvalue weighted by Crippen LogP contribution is -2.29. The molecule has 0 spiro atoms. The van der Waals surface area contributed by atoms with Gasteiger partial charge in [-0.2, -0.15) is 0 Å². The number of ether oxygens (including phenoxy) is 3. The first-order valence-electron chi connectivity index (χ1n) is 4.23. The predicted octanol–water partition coefficient (Wildman–Crippen LogP) is -0.635. The van der Waals surface area contributed by atoms with Gasteiger partial charge in [0.2, 0.25) is 0 Å². The lowest BCUT2D eigenvalue weighted by Gasteiger charge is -2.18. The molecule has 13 heavy (non-hydrogen) atoms. The molecule has 0 aliphatic rings. The maximum atomic E-state index is 9.08. The van der Waals surface area contributed by atoms with E-state index in [1.165, 1.54) is 7.11 Å². The van der Waals surface area contributed by atoms with E-state index in [0.29, 0.717) is 19.8 Å². The highest BCUT2D eigenvalue weighted by Gasteiger charge is 2.13. The summed E-state index contributed by atoms with van der Waals surface area (Å²) in [7, 11) is 1.46. The zero-order chi connectivity index (χ0) is 10.1. The molecule has 0 amide bonds. The molecule has 0 saturated carbocycles. The van der Waals surface area contributed by atoms with Gasteiger partial charge >= 0.3 is 0 Å². The topological polar surface area (TPSA) is 68.2 Å². The quantitative estimate of drug-likeness (QED) is 0.397. The Balaban J connectivity index is 3.28. The van der Waals surface area contributed by atoms with E-state index in [4.69, 9.17) is 24.4 Å². The second-order valence-corrected chi connectivity index (χ2v) is 2.55. The first kappa shape index (κ1) is 12.8. The van der Waals surface area contributed by atoms with Crippen LogP contribution in [0.4, 0.5) is 0 Å². The van der Waals surface area contributed by atoms with E-state index in [9.17, 15) is 0 Å². The summed E-state index contributed by atoms with van der Waals surface area (Å²) in [5.41, 5.74) is 0. The van der Waals surface area contributed by atoms with Gasteiger partial charge in [0.25, 0.3) is 0 Å². The number of rotatable bonds is 8. The Morgan fingerprint density at radius 2 is 1.92 bits per heavy atom. The van der Waals surface area contributed by atoms with Crippen LogP contribution in [-0.2, 0) is 14.2 Å². The highest BCUT2D eigenvalue weighted by Crippen LogP contribution is 1.99. The summed E-state index contributed by atoms with van der Waals surface area (Å²) in [5.74, 6) is 0. The molecule has 0 aliphatic heterocycles. The predicted molar refractivity (Wildman–Crippen MR) is 46.3 cm³/mol. The van der Waals surface area contributed by atoms with Crippen molar-refractivity contribution in [3.63, 3.8) is 0 Å². The summed E-state index contributed by atoms with van der Waals surface area (Å²) in [5, 5.41) is 17.5. The minimum atomic E-state index is -0.664. The Labute approximate surface area is 78.2 Å². The maximum absolute atomic E-state index is 9.08. The molecule has 0 aromatic heterocycles. The van der Waals surface area contributed by atoms with E-state index in [1.54, 1.807) is 6.92 Å². The van der Waals surface area contributed by atoms with Crippen molar-refractivity contribution in [1.29, 1.82) is 0 Å². The molecular formula is C8H18O5. The van der Waals surface area contributed by atoms with Crippen molar-refractivity contribution in [3.8, 4) is 0 Å². The first-order valence-corrected chi connectivity index (χ1v) is 4.23. The van der Waals surface area contributed by atoms with Gasteiger partial charge in [0.05, 0.1) is 26.4 Å². The Kier molecular flexibility index (Phi) is 8.27. The summed E-state index contributed by atoms with van der Waals surface area (Å²) in [6.45, 7) is 2.61. The molecule has 0 saturated heterocycles. The number of aliphatic hydroxyl groups excluding tert-OH is 2. The molecule has 0 aliphatic carbocycles. The van der Waals surface area contributed by atoms with Crippen LogP contribution in [0.5, 0.6) is 0 Å². The molecular weight excluding hydrogens is 176 g/mol. The van der Waals surface area contributed by atoms with Gasteiger partial charge in [-0.15, -0.1) is 0 Å². The maximum Gasteiger partial charge on any atom is 0.182 e. The highest BCUT2D eigenvalue weighted by molar-refractivity contribution is 4.50. The fourth-order valence-corrected chi connectivity index (χ4v) is 0.794. The van der Waals surface area contributed by atoms with Gasteiger partial charge in [-0.05, 0) is 6.92 Å². The van der Waals surface area contributed by atoms with Crippen molar-refractivity contribution in [2.24, 2.45) is 0 Å². The van der Waals surface area contributed by atoms with Gasteiger partial charge in [-0.25, -0.2) is 0 Å². The molecule has 5 nitrogen and oxygen atoms in total. The average molecular weight is 194 g/mol. The van der Waals surface area contributed by atoms with Gasteiger partial charge in [0.1, 0.15) is 6.10 Å². The van der Waals surface area contributed by atoms with Gasteiger partial charge in [0, 0.05) is 7.11 Å². The minimum Gasteiger partial charge on any atom is -0.394 e. The summed E-state index contributed by atoms with van der Waals surface area (Å²) in [6, 6.07) is 0. The molecule has 2 atom stereocenters. The molecule has 0 heterocycles. The third-order valence-corrected chi connectivity index (χ3v) is 1.37. The van der Waals surface area contributed by atoms with Crippen molar-refractivity contribution in [2.45, 2.75) is 19.3 Å². The monoisotopic (exact) mass is 194 g/mol. The molecule has 0 rings (SSSR count). The molecule has 0 aromatic rings. The molecule has 80 valence electrons. The molecule has 0 radical (unpaired) electrons. The third-order valence-electron chi connectivity index (χ3n) is 1.37. The summed E-state index contributed by atoms with van der Waals surface area (Å²) < 4.78 is 14.9. The van der Waals surface area contributed by atoms with Gasteiger partial charge in [-0.1, -0.05) is 0 Å². The number of methoxy groups -OCH3 is 1. The SMILES string of the molecule is COC(OCCOCCO)C(C)O. The van der Waals surface area contributed by atoms with Crippen LogP contribution in [0.3, 0.4) is 0 Å². The van der Waals surface area contributed by atoms with Gasteiger partial charge < -0.3 is 24.4 Å². The summed E-state index contributed by atoms with van der Waals surface area (Å²) in [4.78, 5) is 0. The van der Waals surface area contributed by atoms with Crippen LogP contribution < -0.4 is 0 Å². The minimum absolute atomic E-state index is 0.00408. The largest absolute Gasteiger partial charge is 0.394 e.